The van der Waals surface area contributed by atoms with E-state index in [1.165, 1.54) is 0 Å². The Kier molecular flexibility index (Phi) is 3.23. The molecule has 1 aromatic rings. The molecule has 0 aliphatic carbocycles. The number of hydrogen-bond acceptors (Lipinski definition) is 2. The average molecular weight is 188 g/mol. The van der Waals surface area contributed by atoms with Crippen molar-refractivity contribution in [3.63, 3.8) is 0 Å². The Hall–Kier alpha value is -1.38. The van der Waals surface area contributed by atoms with Gasteiger partial charge >= 0.3 is 0 Å². The zero-order chi connectivity index (χ0) is 10.7. The van der Waals surface area contributed by atoms with Crippen LogP contribution in [0.4, 0.5) is 0 Å². The molecule has 14 heavy (non-hydrogen) atoms. The summed E-state index contributed by atoms with van der Waals surface area (Å²) >= 11 is 0. The fourth-order valence-electron chi connectivity index (χ4n) is 1.40. The van der Waals surface area contributed by atoms with Crippen LogP contribution in [0.5, 0.6) is 5.75 Å². The van der Waals surface area contributed by atoms with E-state index in [2.05, 4.69) is 6.58 Å². The fourth-order valence-corrected chi connectivity index (χ4v) is 1.40. The molecule has 0 aromatic heterocycles. The van der Waals surface area contributed by atoms with Gasteiger partial charge < -0.3 is 9.47 Å². The molecule has 0 aliphatic rings. The van der Waals surface area contributed by atoms with Crippen molar-refractivity contribution < 1.29 is 9.47 Å². The molecule has 0 amide bonds. The van der Waals surface area contributed by atoms with Crippen LogP contribution in [0.2, 0.25) is 0 Å². The molecule has 0 saturated carbocycles. The second kappa shape index (κ2) is 4.22. The monoisotopic (exact) mass is 188 g/mol. The van der Waals surface area contributed by atoms with Gasteiger partial charge in [0.15, 0.2) is 0 Å². The fraction of sp³-hybridized carbons (Fsp3) is 0.273. The van der Waals surface area contributed by atoms with Crippen molar-refractivity contribution in [3.8, 4) is 5.75 Å². The lowest BCUT2D eigenvalue weighted by Crippen LogP contribution is -2.07. The summed E-state index contributed by atoms with van der Waals surface area (Å²) in [6.45, 7) is 5.74. The Balaban J connectivity index is 3.32. The molecule has 2 nitrogen and oxygen atoms in total. The first kappa shape index (κ1) is 10.7. The van der Waals surface area contributed by atoms with Gasteiger partial charge in [0.25, 0.3) is 0 Å². The molecule has 0 bridgehead atoms. The van der Waals surface area contributed by atoms with E-state index in [1.807, 2.05) is 13.0 Å². The first-order valence-corrected chi connectivity index (χ1v) is 4.27. The number of hydrogen-bond donors (Lipinski definition) is 0. The molecular weight excluding hydrogens is 175 g/mol. The van der Waals surface area contributed by atoms with Gasteiger partial charge in [0, 0.05) is 0 Å². The van der Waals surface area contributed by atoms with Gasteiger partial charge in [-0.15, -0.1) is 0 Å². The van der Waals surface area contributed by atoms with Gasteiger partial charge in [-0.3, -0.25) is 0 Å². The lowest BCUT2D eigenvalue weighted by Gasteiger charge is -2.14. The predicted molar refractivity (Wildman–Crippen MR) is 59.2 cm³/mol. The third-order valence-corrected chi connectivity index (χ3v) is 2.07. The van der Waals surface area contributed by atoms with Gasteiger partial charge in [0.2, 0.25) is 0 Å². The Morgan fingerprint density at radius 2 is 2.00 bits per heavy atom. The number of aryl methyl sites for hydroxylation is 1. The first-order valence-electron chi connectivity index (χ1n) is 4.27. The molecule has 0 spiro atoms. The van der Waals surface area contributed by atoms with Crippen molar-refractivity contribution in [3.05, 3.63) is 29.8 Å². The predicted octanol–water partition coefficient (Wildman–Crippen LogP) is 1.41. The van der Waals surface area contributed by atoms with Crippen LogP contribution >= 0.6 is 0 Å². The number of methoxy groups -OCH3 is 2. The second-order valence-electron chi connectivity index (χ2n) is 3.04. The van der Waals surface area contributed by atoms with E-state index in [9.17, 15) is 0 Å². The van der Waals surface area contributed by atoms with Crippen molar-refractivity contribution >= 4 is 19.1 Å². The summed E-state index contributed by atoms with van der Waals surface area (Å²) < 4.78 is 10.3. The molecule has 0 heterocycles. The van der Waals surface area contributed by atoms with E-state index in [4.69, 9.17) is 17.3 Å². The molecule has 3 heteroatoms. The average Bonchev–Trinajstić information content (AvgIpc) is 2.15. The Morgan fingerprint density at radius 1 is 1.36 bits per heavy atom. The second-order valence-corrected chi connectivity index (χ2v) is 3.04. The molecule has 0 unspecified atom stereocenters. The van der Waals surface area contributed by atoms with Crippen molar-refractivity contribution in [2.45, 2.75) is 6.92 Å². The van der Waals surface area contributed by atoms with Crippen LogP contribution in [-0.2, 0) is 4.74 Å². The van der Waals surface area contributed by atoms with Crippen LogP contribution in [0.25, 0.3) is 5.76 Å². The highest BCUT2D eigenvalue weighted by molar-refractivity contribution is 6.32. The summed E-state index contributed by atoms with van der Waals surface area (Å²) in [6.07, 6.45) is 0. The normalized spacial score (nSPS) is 9.64. The Bertz CT molecular complexity index is 359. The zero-order valence-electron chi connectivity index (χ0n) is 8.76. The number of benzene rings is 1. The van der Waals surface area contributed by atoms with Crippen molar-refractivity contribution in [2.24, 2.45) is 0 Å². The molecule has 0 atom stereocenters. The first-order chi connectivity index (χ1) is 6.60. The minimum Gasteiger partial charge on any atom is -0.497 e. The molecule has 2 radical (unpaired) electrons. The van der Waals surface area contributed by atoms with Gasteiger partial charge in [-0.25, -0.2) is 0 Å². The standard InChI is InChI=1S/C11H13BO2/c1-7-5-9(12)6-10(14-4)11(7)8(2)13-3/h5-6H,2H2,1,3-4H3. The highest BCUT2D eigenvalue weighted by Gasteiger charge is 2.10. The van der Waals surface area contributed by atoms with Crippen LogP contribution in [-0.4, -0.2) is 22.1 Å². The summed E-state index contributed by atoms with van der Waals surface area (Å²) in [5, 5.41) is 0. The van der Waals surface area contributed by atoms with Crippen LogP contribution in [0.15, 0.2) is 18.7 Å². The molecule has 0 N–H and O–H groups in total. The highest BCUT2D eigenvalue weighted by Crippen LogP contribution is 2.27. The Morgan fingerprint density at radius 3 is 2.50 bits per heavy atom. The smallest absolute Gasteiger partial charge is 0.129 e. The van der Waals surface area contributed by atoms with Gasteiger partial charge in [0.05, 0.1) is 19.8 Å². The molecular formula is C11H13BO2. The van der Waals surface area contributed by atoms with Crippen molar-refractivity contribution in [2.75, 3.05) is 14.2 Å². The topological polar surface area (TPSA) is 18.5 Å². The van der Waals surface area contributed by atoms with Crippen molar-refractivity contribution in [1.29, 1.82) is 0 Å². The Labute approximate surface area is 85.9 Å². The largest absolute Gasteiger partial charge is 0.497 e. The number of rotatable bonds is 3. The molecule has 1 rings (SSSR count). The summed E-state index contributed by atoms with van der Waals surface area (Å²) in [6, 6.07) is 3.62. The van der Waals surface area contributed by atoms with E-state index in [1.54, 1.807) is 20.3 Å². The summed E-state index contributed by atoms with van der Waals surface area (Å²) in [4.78, 5) is 0. The van der Waals surface area contributed by atoms with Crippen LogP contribution < -0.4 is 10.2 Å². The summed E-state index contributed by atoms with van der Waals surface area (Å²) in [5.74, 6) is 1.27. The maximum absolute atomic E-state index is 5.70. The summed E-state index contributed by atoms with van der Waals surface area (Å²) in [5.41, 5.74) is 2.53. The van der Waals surface area contributed by atoms with Crippen LogP contribution in [0, 0.1) is 6.92 Å². The summed E-state index contributed by atoms with van der Waals surface area (Å²) in [7, 11) is 8.87. The maximum Gasteiger partial charge on any atom is 0.129 e. The van der Waals surface area contributed by atoms with Gasteiger partial charge in [-0.05, 0) is 18.6 Å². The minimum atomic E-state index is 0.583. The van der Waals surface area contributed by atoms with Crippen LogP contribution in [0.3, 0.4) is 0 Å². The van der Waals surface area contributed by atoms with Gasteiger partial charge in [0.1, 0.15) is 19.4 Å². The van der Waals surface area contributed by atoms with Gasteiger partial charge in [-0.1, -0.05) is 18.1 Å². The van der Waals surface area contributed by atoms with E-state index in [0.717, 1.165) is 11.1 Å². The van der Waals surface area contributed by atoms with Gasteiger partial charge in [-0.2, -0.15) is 0 Å². The van der Waals surface area contributed by atoms with E-state index >= 15 is 0 Å². The van der Waals surface area contributed by atoms with Crippen molar-refractivity contribution in [1.82, 2.24) is 0 Å². The lowest BCUT2D eigenvalue weighted by atomic mass is 9.91. The molecule has 72 valence electrons. The molecule has 0 aliphatic heterocycles. The maximum atomic E-state index is 5.70. The quantitative estimate of drug-likeness (QED) is 0.527. The van der Waals surface area contributed by atoms with E-state index < -0.39 is 0 Å². The molecule has 1 aromatic carbocycles. The van der Waals surface area contributed by atoms with Crippen LogP contribution in [0.1, 0.15) is 11.1 Å². The van der Waals surface area contributed by atoms with E-state index in [0.29, 0.717) is 17.0 Å². The highest BCUT2D eigenvalue weighted by atomic mass is 16.5. The number of ether oxygens (including phenoxy) is 2. The molecule has 0 saturated heterocycles. The van der Waals surface area contributed by atoms with E-state index in [-0.39, 0.29) is 0 Å². The lowest BCUT2D eigenvalue weighted by molar-refractivity contribution is 0.362. The minimum absolute atomic E-state index is 0.583. The third-order valence-electron chi connectivity index (χ3n) is 2.07. The molecule has 0 fully saturated rings. The third kappa shape index (κ3) is 1.92. The SMILES string of the molecule is [B]c1cc(C)c(C(=C)OC)c(OC)c1. The zero-order valence-corrected chi connectivity index (χ0v) is 8.76.